The molecule has 1 fully saturated rings. The van der Waals surface area contributed by atoms with Crippen molar-refractivity contribution < 1.29 is 9.59 Å². The molecule has 1 saturated heterocycles. The first-order chi connectivity index (χ1) is 7.63. The number of hydrogen-bond acceptors (Lipinski definition) is 4. The van der Waals surface area contributed by atoms with Crippen LogP contribution in [-0.4, -0.2) is 22.6 Å². The van der Waals surface area contributed by atoms with Crippen LogP contribution in [0.3, 0.4) is 0 Å². The van der Waals surface area contributed by atoms with Crippen molar-refractivity contribution in [2.24, 2.45) is 0 Å². The van der Waals surface area contributed by atoms with Gasteiger partial charge in [-0.25, -0.2) is 0 Å². The van der Waals surface area contributed by atoms with E-state index in [-0.39, 0.29) is 11.1 Å². The number of imide groups is 1. The van der Waals surface area contributed by atoms with Gasteiger partial charge in [0.15, 0.2) is 0 Å². The van der Waals surface area contributed by atoms with E-state index >= 15 is 0 Å². The van der Waals surface area contributed by atoms with Gasteiger partial charge in [-0.2, -0.15) is 0 Å². The molecular formula is C11H11NO2S2. The highest BCUT2D eigenvalue weighted by molar-refractivity contribution is 8.18. The molecule has 2 heterocycles. The lowest BCUT2D eigenvalue weighted by Crippen LogP contribution is -2.27. The third-order valence-electron chi connectivity index (χ3n) is 2.35. The van der Waals surface area contributed by atoms with Crippen LogP contribution in [-0.2, 0) is 4.79 Å². The topological polar surface area (TPSA) is 37.4 Å². The molecular weight excluding hydrogens is 242 g/mol. The SMILES string of the molecule is CCN1C(=O)S/C(=C\c2sccc2C)C1=O. The van der Waals surface area contributed by atoms with Gasteiger partial charge in [0.2, 0.25) is 0 Å². The minimum atomic E-state index is -0.176. The van der Waals surface area contributed by atoms with Crippen molar-refractivity contribution in [1.29, 1.82) is 0 Å². The zero-order valence-corrected chi connectivity index (χ0v) is 10.7. The first-order valence-corrected chi connectivity index (χ1v) is 6.62. The van der Waals surface area contributed by atoms with Gasteiger partial charge in [-0.05, 0) is 48.7 Å². The molecule has 0 spiro atoms. The maximum atomic E-state index is 11.8. The van der Waals surface area contributed by atoms with Gasteiger partial charge >= 0.3 is 0 Å². The zero-order chi connectivity index (χ0) is 11.7. The zero-order valence-electron chi connectivity index (χ0n) is 9.02. The summed E-state index contributed by atoms with van der Waals surface area (Å²) in [5.41, 5.74) is 1.13. The van der Waals surface area contributed by atoms with Crippen LogP contribution in [0.15, 0.2) is 16.4 Å². The summed E-state index contributed by atoms with van der Waals surface area (Å²) in [6.45, 7) is 4.23. The Morgan fingerprint density at radius 2 is 2.19 bits per heavy atom. The van der Waals surface area contributed by atoms with Crippen LogP contribution in [0.2, 0.25) is 0 Å². The van der Waals surface area contributed by atoms with Crippen molar-refractivity contribution in [3.8, 4) is 0 Å². The molecule has 1 aromatic rings. The highest BCUT2D eigenvalue weighted by Crippen LogP contribution is 2.33. The summed E-state index contributed by atoms with van der Waals surface area (Å²) >= 11 is 2.60. The Hall–Kier alpha value is -1.07. The average molecular weight is 253 g/mol. The standard InChI is InChI=1S/C11H11NO2S2/c1-3-12-10(13)9(16-11(12)14)6-8-7(2)4-5-15-8/h4-6H,3H2,1-2H3/b9-6-. The van der Waals surface area contributed by atoms with E-state index in [0.717, 1.165) is 22.2 Å². The molecule has 0 unspecified atom stereocenters. The first kappa shape index (κ1) is 11.4. The molecule has 0 atom stereocenters. The maximum absolute atomic E-state index is 11.8. The van der Waals surface area contributed by atoms with Gasteiger partial charge in [-0.15, -0.1) is 11.3 Å². The number of thiophene rings is 1. The number of rotatable bonds is 2. The Kier molecular flexibility index (Phi) is 3.16. The molecule has 0 aromatic carbocycles. The fourth-order valence-electron chi connectivity index (χ4n) is 1.42. The van der Waals surface area contributed by atoms with Crippen molar-refractivity contribution in [3.05, 3.63) is 26.8 Å². The number of likely N-dealkylation sites (N-methyl/N-ethyl adjacent to an activating group) is 1. The minimum absolute atomic E-state index is 0.173. The summed E-state index contributed by atoms with van der Waals surface area (Å²) in [6.07, 6.45) is 1.81. The molecule has 1 aliphatic rings. The second-order valence-corrected chi connectivity index (χ2v) is 5.33. The quantitative estimate of drug-likeness (QED) is 0.760. The van der Waals surface area contributed by atoms with Gasteiger partial charge in [0.1, 0.15) is 0 Å². The van der Waals surface area contributed by atoms with Crippen molar-refractivity contribution in [1.82, 2.24) is 4.90 Å². The van der Waals surface area contributed by atoms with Crippen molar-refractivity contribution in [3.63, 3.8) is 0 Å². The summed E-state index contributed by atoms with van der Waals surface area (Å²) in [5.74, 6) is -0.176. The van der Waals surface area contributed by atoms with E-state index in [1.807, 2.05) is 18.4 Å². The third kappa shape index (κ3) is 1.92. The molecule has 0 saturated carbocycles. The molecule has 2 amide bonds. The van der Waals surface area contributed by atoms with E-state index in [2.05, 4.69) is 0 Å². The van der Waals surface area contributed by atoms with E-state index in [1.165, 1.54) is 4.90 Å². The molecule has 1 aliphatic heterocycles. The molecule has 5 heteroatoms. The number of amides is 2. The molecule has 84 valence electrons. The Bertz CT molecular complexity index is 476. The van der Waals surface area contributed by atoms with Gasteiger partial charge in [-0.1, -0.05) is 0 Å². The Morgan fingerprint density at radius 1 is 1.44 bits per heavy atom. The Labute approximate surface area is 102 Å². The maximum Gasteiger partial charge on any atom is 0.293 e. The fraction of sp³-hybridized carbons (Fsp3) is 0.273. The summed E-state index contributed by atoms with van der Waals surface area (Å²) in [5, 5.41) is 1.80. The van der Waals surface area contributed by atoms with Gasteiger partial charge < -0.3 is 0 Å². The second kappa shape index (κ2) is 4.43. The summed E-state index contributed by atoms with van der Waals surface area (Å²) in [4.78, 5) is 26.1. The number of hydrogen-bond donors (Lipinski definition) is 0. The lowest BCUT2D eigenvalue weighted by Gasteiger charge is -2.06. The third-order valence-corrected chi connectivity index (χ3v) is 4.23. The fourth-order valence-corrected chi connectivity index (χ4v) is 3.24. The number of aryl methyl sites for hydroxylation is 1. The van der Waals surface area contributed by atoms with Crippen LogP contribution in [0.5, 0.6) is 0 Å². The lowest BCUT2D eigenvalue weighted by atomic mass is 10.2. The molecule has 16 heavy (non-hydrogen) atoms. The average Bonchev–Trinajstić information content (AvgIpc) is 2.74. The van der Waals surface area contributed by atoms with Gasteiger partial charge in [0.05, 0.1) is 4.91 Å². The monoisotopic (exact) mass is 253 g/mol. The highest BCUT2D eigenvalue weighted by Gasteiger charge is 2.33. The highest BCUT2D eigenvalue weighted by atomic mass is 32.2. The van der Waals surface area contributed by atoms with Gasteiger partial charge in [0.25, 0.3) is 11.1 Å². The largest absolute Gasteiger partial charge is 0.293 e. The first-order valence-electron chi connectivity index (χ1n) is 4.93. The predicted molar refractivity (Wildman–Crippen MR) is 67.4 cm³/mol. The van der Waals surface area contributed by atoms with Crippen LogP contribution in [0.1, 0.15) is 17.4 Å². The molecule has 1 aromatic heterocycles. The van der Waals surface area contributed by atoms with E-state index in [0.29, 0.717) is 11.4 Å². The van der Waals surface area contributed by atoms with Crippen molar-refractivity contribution in [2.75, 3.05) is 6.54 Å². The van der Waals surface area contributed by atoms with Crippen LogP contribution in [0, 0.1) is 6.92 Å². The summed E-state index contributed by atoms with van der Waals surface area (Å²) < 4.78 is 0. The Morgan fingerprint density at radius 3 is 2.69 bits per heavy atom. The van der Waals surface area contributed by atoms with Crippen LogP contribution >= 0.6 is 23.1 Å². The second-order valence-electron chi connectivity index (χ2n) is 3.39. The van der Waals surface area contributed by atoms with E-state index in [1.54, 1.807) is 24.3 Å². The predicted octanol–water partition coefficient (Wildman–Crippen LogP) is 3.11. The minimum Gasteiger partial charge on any atom is -0.269 e. The lowest BCUT2D eigenvalue weighted by molar-refractivity contribution is -0.122. The van der Waals surface area contributed by atoms with Gasteiger partial charge in [-0.3, -0.25) is 14.5 Å². The van der Waals surface area contributed by atoms with E-state index in [4.69, 9.17) is 0 Å². The number of carbonyl (C=O) groups excluding carboxylic acids is 2. The molecule has 2 rings (SSSR count). The summed E-state index contributed by atoms with van der Waals surface area (Å²) in [7, 11) is 0. The number of nitrogens with zero attached hydrogens (tertiary/aromatic N) is 1. The summed E-state index contributed by atoms with van der Waals surface area (Å²) in [6, 6.07) is 2.00. The van der Waals surface area contributed by atoms with E-state index < -0.39 is 0 Å². The molecule has 0 aliphatic carbocycles. The molecule has 0 bridgehead atoms. The Balaban J connectivity index is 2.31. The number of thioether (sulfide) groups is 1. The van der Waals surface area contributed by atoms with Crippen LogP contribution in [0.4, 0.5) is 4.79 Å². The van der Waals surface area contributed by atoms with Crippen molar-refractivity contribution >= 4 is 40.3 Å². The molecule has 3 nitrogen and oxygen atoms in total. The molecule has 0 N–H and O–H groups in total. The van der Waals surface area contributed by atoms with Crippen LogP contribution < -0.4 is 0 Å². The van der Waals surface area contributed by atoms with Gasteiger partial charge in [0, 0.05) is 11.4 Å². The number of carbonyl (C=O) groups is 2. The van der Waals surface area contributed by atoms with Crippen molar-refractivity contribution in [2.45, 2.75) is 13.8 Å². The van der Waals surface area contributed by atoms with Crippen LogP contribution in [0.25, 0.3) is 6.08 Å². The normalized spacial score (nSPS) is 18.9. The smallest absolute Gasteiger partial charge is 0.269 e. The molecule has 0 radical (unpaired) electrons. The van der Waals surface area contributed by atoms with E-state index in [9.17, 15) is 9.59 Å².